The van der Waals surface area contributed by atoms with Gasteiger partial charge in [0, 0.05) is 11.4 Å². The molecule has 0 fully saturated rings. The first kappa shape index (κ1) is 18.7. The van der Waals surface area contributed by atoms with Crippen LogP contribution in [0.4, 0.5) is 0 Å². The molecule has 3 nitrogen and oxygen atoms in total. The Morgan fingerprint density at radius 2 is 1.68 bits per heavy atom. The van der Waals surface area contributed by atoms with Gasteiger partial charge in [-0.25, -0.2) is 5.43 Å². The molecule has 0 atom stereocenters. The number of halogens is 1. The van der Waals surface area contributed by atoms with Crippen molar-refractivity contribution in [2.24, 2.45) is 5.10 Å². The molecule has 0 saturated carbocycles. The molecular formula is C18H27ClN2O. The van der Waals surface area contributed by atoms with Crippen LogP contribution in [0, 0.1) is 0 Å². The normalized spacial score (nSPS) is 11.5. The summed E-state index contributed by atoms with van der Waals surface area (Å²) in [6.45, 7) is 4.23. The number of carbonyl (C=O) groups excluding carboxylic acids is 1. The Balaban J connectivity index is 2.34. The van der Waals surface area contributed by atoms with Crippen LogP contribution in [0.5, 0.6) is 0 Å². The Labute approximate surface area is 139 Å². The van der Waals surface area contributed by atoms with Gasteiger partial charge in [-0.1, -0.05) is 69.7 Å². The summed E-state index contributed by atoms with van der Waals surface area (Å²) in [5.41, 5.74) is 4.53. The Bertz CT molecular complexity index is 468. The quantitative estimate of drug-likeness (QED) is 0.353. The van der Waals surface area contributed by atoms with Crippen molar-refractivity contribution >= 4 is 23.2 Å². The van der Waals surface area contributed by atoms with E-state index in [0.29, 0.717) is 11.4 Å². The number of amides is 1. The van der Waals surface area contributed by atoms with Gasteiger partial charge < -0.3 is 0 Å². The van der Waals surface area contributed by atoms with Crippen molar-refractivity contribution in [3.63, 3.8) is 0 Å². The summed E-state index contributed by atoms with van der Waals surface area (Å²) in [6.07, 6.45) is 8.40. The zero-order valence-corrected chi connectivity index (χ0v) is 14.5. The summed E-state index contributed by atoms with van der Waals surface area (Å²) in [4.78, 5) is 11.8. The second kappa shape index (κ2) is 11.2. The van der Waals surface area contributed by atoms with Crippen molar-refractivity contribution in [2.75, 3.05) is 0 Å². The molecule has 0 heterocycles. The number of hydrogen-bond donors (Lipinski definition) is 1. The summed E-state index contributed by atoms with van der Waals surface area (Å²) >= 11 is 5.88. The van der Waals surface area contributed by atoms with Crippen LogP contribution in [0.25, 0.3) is 0 Å². The Hall–Kier alpha value is -1.35. The second-order valence-corrected chi connectivity index (χ2v) is 5.91. The molecule has 0 spiro atoms. The summed E-state index contributed by atoms with van der Waals surface area (Å²) in [7, 11) is 0. The number of hydrazone groups is 1. The SMILES string of the molecule is CCCCCCCCC(=O)N/N=C(\CC)c1ccc(Cl)cc1. The minimum atomic E-state index is -0.00425. The van der Waals surface area contributed by atoms with E-state index >= 15 is 0 Å². The molecule has 1 N–H and O–H groups in total. The van der Waals surface area contributed by atoms with Crippen molar-refractivity contribution < 1.29 is 4.79 Å². The van der Waals surface area contributed by atoms with E-state index in [0.717, 1.165) is 30.5 Å². The molecule has 0 radical (unpaired) electrons. The van der Waals surface area contributed by atoms with Crippen LogP contribution in [0.3, 0.4) is 0 Å². The van der Waals surface area contributed by atoms with Gasteiger partial charge in [0.25, 0.3) is 0 Å². The molecule has 0 saturated heterocycles. The van der Waals surface area contributed by atoms with E-state index < -0.39 is 0 Å². The fourth-order valence-corrected chi connectivity index (χ4v) is 2.37. The third-order valence-corrected chi connectivity index (χ3v) is 3.84. The summed E-state index contributed by atoms with van der Waals surface area (Å²) in [5.74, 6) is -0.00425. The van der Waals surface area contributed by atoms with Crippen LogP contribution in [0.15, 0.2) is 29.4 Å². The molecule has 0 aliphatic carbocycles. The predicted molar refractivity (Wildman–Crippen MR) is 94.4 cm³/mol. The Morgan fingerprint density at radius 1 is 1.05 bits per heavy atom. The maximum absolute atomic E-state index is 11.8. The molecule has 22 heavy (non-hydrogen) atoms. The third-order valence-electron chi connectivity index (χ3n) is 3.59. The number of nitrogens with one attached hydrogen (secondary N) is 1. The topological polar surface area (TPSA) is 41.5 Å². The smallest absolute Gasteiger partial charge is 0.240 e. The molecule has 1 aromatic carbocycles. The molecule has 0 aliphatic heterocycles. The highest BCUT2D eigenvalue weighted by atomic mass is 35.5. The lowest BCUT2D eigenvalue weighted by atomic mass is 10.1. The van der Waals surface area contributed by atoms with E-state index in [9.17, 15) is 4.79 Å². The van der Waals surface area contributed by atoms with Crippen molar-refractivity contribution in [3.8, 4) is 0 Å². The van der Waals surface area contributed by atoms with Gasteiger partial charge in [-0.15, -0.1) is 0 Å². The van der Waals surface area contributed by atoms with E-state index in [1.165, 1.54) is 25.7 Å². The van der Waals surface area contributed by atoms with E-state index in [4.69, 9.17) is 11.6 Å². The molecule has 1 amide bonds. The van der Waals surface area contributed by atoms with Gasteiger partial charge in [-0.3, -0.25) is 4.79 Å². The number of benzene rings is 1. The fourth-order valence-electron chi connectivity index (χ4n) is 2.24. The van der Waals surface area contributed by atoms with Crippen molar-refractivity contribution in [1.82, 2.24) is 5.43 Å². The molecule has 1 rings (SSSR count). The van der Waals surface area contributed by atoms with Crippen molar-refractivity contribution in [2.45, 2.75) is 65.2 Å². The second-order valence-electron chi connectivity index (χ2n) is 5.47. The summed E-state index contributed by atoms with van der Waals surface area (Å²) < 4.78 is 0. The van der Waals surface area contributed by atoms with Crippen LogP contribution in [0.2, 0.25) is 5.02 Å². The first-order valence-corrected chi connectivity index (χ1v) is 8.66. The van der Waals surface area contributed by atoms with Gasteiger partial charge in [0.1, 0.15) is 0 Å². The van der Waals surface area contributed by atoms with Crippen molar-refractivity contribution in [1.29, 1.82) is 0 Å². The van der Waals surface area contributed by atoms with E-state index in [1.54, 1.807) is 0 Å². The zero-order valence-electron chi connectivity index (χ0n) is 13.7. The highest BCUT2D eigenvalue weighted by molar-refractivity contribution is 6.30. The van der Waals surface area contributed by atoms with Crippen LogP contribution < -0.4 is 5.43 Å². The van der Waals surface area contributed by atoms with Gasteiger partial charge in [-0.2, -0.15) is 5.10 Å². The molecule has 0 unspecified atom stereocenters. The Morgan fingerprint density at radius 3 is 2.32 bits per heavy atom. The lowest BCUT2D eigenvalue weighted by Gasteiger charge is -2.05. The highest BCUT2D eigenvalue weighted by Gasteiger charge is 2.04. The predicted octanol–water partition coefficient (Wildman–Crippen LogP) is 5.32. The fraction of sp³-hybridized carbons (Fsp3) is 0.556. The van der Waals surface area contributed by atoms with Crippen LogP contribution in [0.1, 0.15) is 70.8 Å². The van der Waals surface area contributed by atoms with Crippen molar-refractivity contribution in [3.05, 3.63) is 34.9 Å². The monoisotopic (exact) mass is 322 g/mol. The number of nitrogens with zero attached hydrogens (tertiary/aromatic N) is 1. The van der Waals surface area contributed by atoms with Crippen LogP contribution >= 0.6 is 11.6 Å². The van der Waals surface area contributed by atoms with Crippen LogP contribution in [-0.2, 0) is 4.79 Å². The van der Waals surface area contributed by atoms with Gasteiger partial charge in [0.15, 0.2) is 0 Å². The summed E-state index contributed by atoms with van der Waals surface area (Å²) in [5, 5.41) is 4.94. The van der Waals surface area contributed by atoms with Crippen LogP contribution in [-0.4, -0.2) is 11.6 Å². The van der Waals surface area contributed by atoms with Gasteiger partial charge in [0.05, 0.1) is 5.71 Å². The lowest BCUT2D eigenvalue weighted by molar-refractivity contribution is -0.121. The zero-order chi connectivity index (χ0) is 16.2. The average Bonchev–Trinajstić information content (AvgIpc) is 2.53. The maximum atomic E-state index is 11.8. The molecule has 0 aromatic heterocycles. The molecular weight excluding hydrogens is 296 g/mol. The minimum Gasteiger partial charge on any atom is -0.273 e. The standard InChI is InChI=1S/C18H27ClN2O/c1-3-5-6-7-8-9-10-18(22)21-20-17(4-2)15-11-13-16(19)14-12-15/h11-14H,3-10H2,1-2H3,(H,21,22)/b20-17+. The number of rotatable bonds is 10. The maximum Gasteiger partial charge on any atom is 0.240 e. The van der Waals surface area contributed by atoms with Gasteiger partial charge in [-0.05, 0) is 30.5 Å². The Kier molecular flexibility index (Phi) is 9.56. The number of carbonyl (C=O) groups is 1. The average molecular weight is 323 g/mol. The lowest BCUT2D eigenvalue weighted by Crippen LogP contribution is -2.19. The summed E-state index contributed by atoms with van der Waals surface area (Å²) in [6, 6.07) is 7.51. The highest BCUT2D eigenvalue weighted by Crippen LogP contribution is 2.11. The number of unbranched alkanes of at least 4 members (excludes halogenated alkanes) is 5. The minimum absolute atomic E-state index is 0.00425. The molecule has 4 heteroatoms. The van der Waals surface area contributed by atoms with E-state index in [2.05, 4.69) is 17.5 Å². The molecule has 0 bridgehead atoms. The van der Waals surface area contributed by atoms with E-state index in [-0.39, 0.29) is 5.91 Å². The van der Waals surface area contributed by atoms with Gasteiger partial charge >= 0.3 is 0 Å². The first-order valence-electron chi connectivity index (χ1n) is 8.28. The number of hydrogen-bond acceptors (Lipinski definition) is 2. The largest absolute Gasteiger partial charge is 0.273 e. The third kappa shape index (κ3) is 7.60. The van der Waals surface area contributed by atoms with E-state index in [1.807, 2.05) is 31.2 Å². The molecule has 122 valence electrons. The first-order chi connectivity index (χ1) is 10.7. The van der Waals surface area contributed by atoms with Gasteiger partial charge in [0.2, 0.25) is 5.91 Å². The molecule has 1 aromatic rings. The molecule has 0 aliphatic rings.